The van der Waals surface area contributed by atoms with E-state index in [4.69, 9.17) is 9.72 Å². The summed E-state index contributed by atoms with van der Waals surface area (Å²) in [5, 5.41) is 5.44. The molecule has 190 valence electrons. The van der Waals surface area contributed by atoms with Gasteiger partial charge in [0.2, 0.25) is 0 Å². The second kappa shape index (κ2) is 9.98. The zero-order valence-electron chi connectivity index (χ0n) is 21.7. The van der Waals surface area contributed by atoms with Crippen molar-refractivity contribution in [2.24, 2.45) is 14.1 Å². The summed E-state index contributed by atoms with van der Waals surface area (Å²) in [6.45, 7) is 2.95. The molecule has 4 aromatic heterocycles. The van der Waals surface area contributed by atoms with Crippen LogP contribution in [0.25, 0.3) is 33.8 Å². The Labute approximate surface area is 214 Å². The number of carbonyl (C=O) groups is 1. The van der Waals surface area contributed by atoms with E-state index >= 15 is 0 Å². The van der Waals surface area contributed by atoms with Crippen LogP contribution >= 0.6 is 0 Å². The Morgan fingerprint density at radius 2 is 1.97 bits per heavy atom. The number of rotatable bonds is 8. The van der Waals surface area contributed by atoms with Gasteiger partial charge in [-0.2, -0.15) is 5.10 Å². The molecule has 0 aliphatic carbocycles. The van der Waals surface area contributed by atoms with E-state index in [0.29, 0.717) is 41.4 Å². The first-order valence-electron chi connectivity index (χ1n) is 12.1. The van der Waals surface area contributed by atoms with E-state index in [1.54, 1.807) is 29.1 Å². The van der Waals surface area contributed by atoms with Gasteiger partial charge >= 0.3 is 0 Å². The van der Waals surface area contributed by atoms with Crippen LogP contribution in [-0.4, -0.2) is 59.2 Å². The van der Waals surface area contributed by atoms with Crippen molar-refractivity contribution in [2.45, 2.75) is 26.5 Å². The Bertz CT molecular complexity index is 1570. The number of imidazole rings is 2. The second-order valence-electron chi connectivity index (χ2n) is 9.06. The van der Waals surface area contributed by atoms with Crippen molar-refractivity contribution in [1.82, 2.24) is 39.2 Å². The molecule has 0 bridgehead atoms. The summed E-state index contributed by atoms with van der Waals surface area (Å²) in [6.07, 6.45) is 6.14. The Balaban J connectivity index is 1.58. The number of amides is 1. The highest BCUT2D eigenvalue weighted by molar-refractivity contribution is 6.07. The lowest BCUT2D eigenvalue weighted by molar-refractivity contribution is 0.0784. The molecular weight excluding hydrogens is 468 g/mol. The summed E-state index contributed by atoms with van der Waals surface area (Å²) in [5.41, 5.74) is 5.32. The van der Waals surface area contributed by atoms with Crippen molar-refractivity contribution in [2.75, 3.05) is 14.2 Å². The highest BCUT2D eigenvalue weighted by atomic mass is 16.5. The van der Waals surface area contributed by atoms with E-state index in [9.17, 15) is 4.79 Å². The van der Waals surface area contributed by atoms with E-state index in [1.807, 2.05) is 62.2 Å². The summed E-state index contributed by atoms with van der Waals surface area (Å²) >= 11 is 0. The minimum Gasteiger partial charge on any atom is -0.380 e. The number of fused-ring (bicyclic) bond motifs is 1. The molecule has 0 fully saturated rings. The van der Waals surface area contributed by atoms with Crippen LogP contribution in [0, 0.1) is 0 Å². The predicted octanol–water partition coefficient (Wildman–Crippen LogP) is 3.74. The average molecular weight is 499 g/mol. The van der Waals surface area contributed by atoms with Crippen LogP contribution in [0.15, 0.2) is 48.9 Å². The molecule has 0 saturated carbocycles. The number of pyridine rings is 1. The molecule has 37 heavy (non-hydrogen) atoms. The average Bonchev–Trinajstić information content (AvgIpc) is 3.64. The number of nitrogens with one attached hydrogen (secondary N) is 1. The fourth-order valence-electron chi connectivity index (χ4n) is 4.54. The molecule has 0 spiro atoms. The Morgan fingerprint density at radius 1 is 1.14 bits per heavy atom. The Morgan fingerprint density at radius 3 is 2.68 bits per heavy atom. The monoisotopic (exact) mass is 498 g/mol. The number of nitrogens with zero attached hydrogens (tertiary/aromatic N) is 7. The van der Waals surface area contributed by atoms with Crippen LogP contribution in [0.3, 0.4) is 0 Å². The van der Waals surface area contributed by atoms with Crippen molar-refractivity contribution in [3.05, 3.63) is 71.6 Å². The minimum atomic E-state index is -0.107. The summed E-state index contributed by atoms with van der Waals surface area (Å²) in [4.78, 5) is 32.4. The number of benzene rings is 1. The minimum absolute atomic E-state index is 0.107. The van der Waals surface area contributed by atoms with Crippen molar-refractivity contribution < 1.29 is 9.53 Å². The molecule has 4 heterocycles. The molecule has 5 rings (SSSR count). The fourth-order valence-corrected chi connectivity index (χ4v) is 4.54. The first-order chi connectivity index (χ1) is 17.9. The largest absolute Gasteiger partial charge is 0.380 e. The second-order valence-corrected chi connectivity index (χ2v) is 9.06. The normalized spacial score (nSPS) is 11.4. The van der Waals surface area contributed by atoms with E-state index in [0.717, 1.165) is 34.6 Å². The standard InChI is InChI=1S/C27H30N8O2/c1-6-25-30-14-18(34(25)3)15-33(2)27(36)20-12-22(31-21-8-7-17(16-37-5)11-19(20)21)23-13-24(35(4)32-23)26-28-9-10-29-26/h7-14H,6,15-16H2,1-5H3,(H,28,29). The first-order valence-corrected chi connectivity index (χ1v) is 12.1. The van der Waals surface area contributed by atoms with Gasteiger partial charge in [-0.15, -0.1) is 0 Å². The number of hydrogen-bond acceptors (Lipinski definition) is 6. The molecule has 0 radical (unpaired) electrons. The Hall–Kier alpha value is -4.31. The number of aryl methyl sites for hydroxylation is 2. The molecule has 10 nitrogen and oxygen atoms in total. The SMILES string of the molecule is CCc1ncc(CN(C)C(=O)c2cc(-c3cc(-c4ncc[nH]4)n(C)n3)nc3ccc(COC)cc23)n1C. The molecule has 0 aliphatic heterocycles. The van der Waals surface area contributed by atoms with Gasteiger partial charge in [-0.3, -0.25) is 9.48 Å². The molecule has 0 atom stereocenters. The van der Waals surface area contributed by atoms with Crippen LogP contribution in [0.2, 0.25) is 0 Å². The molecule has 0 unspecified atom stereocenters. The number of H-pyrrole nitrogens is 1. The van der Waals surface area contributed by atoms with Gasteiger partial charge in [0.05, 0.1) is 41.8 Å². The molecule has 1 aromatic carbocycles. The molecule has 0 aliphatic rings. The van der Waals surface area contributed by atoms with Crippen LogP contribution in [0.5, 0.6) is 0 Å². The van der Waals surface area contributed by atoms with E-state index in [1.165, 1.54) is 0 Å². The zero-order chi connectivity index (χ0) is 26.1. The van der Waals surface area contributed by atoms with Gasteiger partial charge in [-0.25, -0.2) is 15.0 Å². The quantitative estimate of drug-likeness (QED) is 0.349. The molecular formula is C27H30N8O2. The maximum absolute atomic E-state index is 13.9. The lowest BCUT2D eigenvalue weighted by atomic mass is 10.0. The summed E-state index contributed by atoms with van der Waals surface area (Å²) in [7, 11) is 7.30. The van der Waals surface area contributed by atoms with Gasteiger partial charge in [0, 0.05) is 52.5 Å². The third kappa shape index (κ3) is 4.63. The maximum Gasteiger partial charge on any atom is 0.254 e. The number of ether oxygens (including phenoxy) is 1. The summed E-state index contributed by atoms with van der Waals surface area (Å²) in [6, 6.07) is 9.62. The Kier molecular flexibility index (Phi) is 6.58. The molecule has 1 amide bonds. The molecule has 5 aromatic rings. The lowest BCUT2D eigenvalue weighted by Crippen LogP contribution is -2.27. The lowest BCUT2D eigenvalue weighted by Gasteiger charge is -2.19. The predicted molar refractivity (Wildman–Crippen MR) is 141 cm³/mol. The van der Waals surface area contributed by atoms with Gasteiger partial charge in [-0.1, -0.05) is 13.0 Å². The summed E-state index contributed by atoms with van der Waals surface area (Å²) < 4.78 is 9.12. The first kappa shape index (κ1) is 24.4. The third-order valence-electron chi connectivity index (χ3n) is 6.54. The highest BCUT2D eigenvalue weighted by Gasteiger charge is 2.21. The number of aromatic amines is 1. The van der Waals surface area contributed by atoms with Crippen LogP contribution in [-0.2, 0) is 38.4 Å². The van der Waals surface area contributed by atoms with E-state index in [-0.39, 0.29) is 5.91 Å². The van der Waals surface area contributed by atoms with Gasteiger partial charge in [0.15, 0.2) is 5.82 Å². The molecule has 0 saturated heterocycles. The highest BCUT2D eigenvalue weighted by Crippen LogP contribution is 2.28. The van der Waals surface area contributed by atoms with E-state index in [2.05, 4.69) is 27.0 Å². The number of hydrogen-bond donors (Lipinski definition) is 1. The fraction of sp³-hybridized carbons (Fsp3) is 0.296. The van der Waals surface area contributed by atoms with Gasteiger partial charge < -0.3 is 19.2 Å². The van der Waals surface area contributed by atoms with Crippen LogP contribution in [0.1, 0.15) is 34.4 Å². The van der Waals surface area contributed by atoms with Crippen molar-refractivity contribution in [3.63, 3.8) is 0 Å². The van der Waals surface area contributed by atoms with Gasteiger partial charge in [0.25, 0.3) is 5.91 Å². The van der Waals surface area contributed by atoms with Crippen LogP contribution < -0.4 is 0 Å². The van der Waals surface area contributed by atoms with Crippen molar-refractivity contribution in [3.8, 4) is 22.9 Å². The smallest absolute Gasteiger partial charge is 0.254 e. The zero-order valence-corrected chi connectivity index (χ0v) is 21.7. The number of carbonyl (C=O) groups excluding carboxylic acids is 1. The van der Waals surface area contributed by atoms with Crippen LogP contribution in [0.4, 0.5) is 0 Å². The number of methoxy groups -OCH3 is 1. The third-order valence-corrected chi connectivity index (χ3v) is 6.54. The van der Waals surface area contributed by atoms with E-state index < -0.39 is 0 Å². The molecule has 10 heteroatoms. The van der Waals surface area contributed by atoms with Gasteiger partial charge in [0.1, 0.15) is 17.2 Å². The van der Waals surface area contributed by atoms with Crippen molar-refractivity contribution in [1.29, 1.82) is 0 Å². The maximum atomic E-state index is 13.9. The topological polar surface area (TPSA) is 107 Å². The van der Waals surface area contributed by atoms with Crippen molar-refractivity contribution >= 4 is 16.8 Å². The van der Waals surface area contributed by atoms with Gasteiger partial charge in [-0.05, 0) is 29.8 Å². The molecule has 1 N–H and O–H groups in total. The number of aromatic nitrogens is 7. The summed E-state index contributed by atoms with van der Waals surface area (Å²) in [5.74, 6) is 1.59.